The Kier molecular flexibility index (Phi) is 8.10. The Bertz CT molecular complexity index is 1420. The molecule has 2 N–H and O–H groups in total. The minimum absolute atomic E-state index is 0.0667. The van der Waals surface area contributed by atoms with Gasteiger partial charge in [-0.2, -0.15) is 0 Å². The molecule has 0 bridgehead atoms. The van der Waals surface area contributed by atoms with Crippen LogP contribution in [0.4, 0.5) is 5.82 Å². The summed E-state index contributed by atoms with van der Waals surface area (Å²) in [6.45, 7) is -1.73. The number of halogens is 2. The molecule has 2 aromatic carbocycles. The van der Waals surface area contributed by atoms with Gasteiger partial charge in [-0.05, 0) is 17.7 Å². The van der Waals surface area contributed by atoms with Crippen LogP contribution in [0.15, 0.2) is 58.1 Å². The molecule has 0 saturated heterocycles. The molecule has 0 aliphatic heterocycles. The third-order valence-electron chi connectivity index (χ3n) is 4.95. The van der Waals surface area contributed by atoms with Crippen LogP contribution in [-0.2, 0) is 27.4 Å². The maximum absolute atomic E-state index is 13.0. The van der Waals surface area contributed by atoms with Crippen LogP contribution in [0.3, 0.4) is 0 Å². The summed E-state index contributed by atoms with van der Waals surface area (Å²) in [7, 11) is 1.08. The number of methoxy groups -OCH3 is 1. The number of nitrogens with zero attached hydrogens (tertiary/aromatic N) is 2. The fourth-order valence-corrected chi connectivity index (χ4v) is 3.55. The number of rotatable bonds is 8. The number of ketones is 1. The van der Waals surface area contributed by atoms with Gasteiger partial charge in [-0.3, -0.25) is 19.0 Å². The van der Waals surface area contributed by atoms with Crippen LogP contribution in [-0.4, -0.2) is 40.6 Å². The fraction of sp³-hybridized carbons (Fsp3) is 0.174. The predicted octanol–water partition coefficient (Wildman–Crippen LogP) is 2.16. The fourth-order valence-electron chi connectivity index (χ4n) is 3.17. The zero-order valence-electron chi connectivity index (χ0n) is 18.3. The zero-order valence-corrected chi connectivity index (χ0v) is 19.8. The zero-order chi connectivity index (χ0) is 25.7. The molecule has 0 aliphatic rings. The lowest BCUT2D eigenvalue weighted by atomic mass is 10.1. The highest BCUT2D eigenvalue weighted by Gasteiger charge is 2.25. The van der Waals surface area contributed by atoms with Gasteiger partial charge >= 0.3 is 17.6 Å². The van der Waals surface area contributed by atoms with Gasteiger partial charge in [0, 0.05) is 0 Å². The van der Waals surface area contributed by atoms with Gasteiger partial charge in [0.1, 0.15) is 17.9 Å². The van der Waals surface area contributed by atoms with Crippen LogP contribution in [0.5, 0.6) is 0 Å². The summed E-state index contributed by atoms with van der Waals surface area (Å²) >= 11 is 11.9. The molecule has 0 aliphatic carbocycles. The number of anilines is 1. The second kappa shape index (κ2) is 11.0. The van der Waals surface area contributed by atoms with Crippen molar-refractivity contribution >= 4 is 46.7 Å². The van der Waals surface area contributed by atoms with E-state index in [1.165, 1.54) is 18.2 Å². The Morgan fingerprint density at radius 2 is 1.66 bits per heavy atom. The number of nitrogens with two attached hydrogens (primary N) is 1. The first-order valence-corrected chi connectivity index (χ1v) is 10.8. The van der Waals surface area contributed by atoms with Gasteiger partial charge in [0.25, 0.3) is 5.56 Å². The molecule has 35 heavy (non-hydrogen) atoms. The molecular formula is C23H19Cl2N3O7. The maximum Gasteiger partial charge on any atom is 0.340 e. The maximum atomic E-state index is 13.0. The number of carbonyl (C=O) groups excluding carboxylic acids is 3. The summed E-state index contributed by atoms with van der Waals surface area (Å²) < 4.78 is 11.1. The van der Waals surface area contributed by atoms with Crippen molar-refractivity contribution in [1.29, 1.82) is 0 Å². The number of Topliss-reactive ketones (excluding diaryl/α,β-unsaturated/α-hetero) is 1. The molecule has 0 saturated carbocycles. The summed E-state index contributed by atoms with van der Waals surface area (Å²) in [5.74, 6) is -3.27. The lowest BCUT2D eigenvalue weighted by Crippen LogP contribution is -2.46. The molecule has 0 fully saturated rings. The molecule has 1 heterocycles. The molecule has 182 valence electrons. The second-order valence-electron chi connectivity index (χ2n) is 7.18. The van der Waals surface area contributed by atoms with E-state index in [0.29, 0.717) is 10.1 Å². The first-order valence-electron chi connectivity index (χ1n) is 10.0. The van der Waals surface area contributed by atoms with Crippen molar-refractivity contribution < 1.29 is 23.9 Å². The summed E-state index contributed by atoms with van der Waals surface area (Å²) in [4.78, 5) is 63.1. The van der Waals surface area contributed by atoms with Crippen molar-refractivity contribution in [3.63, 3.8) is 0 Å². The summed E-state index contributed by atoms with van der Waals surface area (Å²) in [5.41, 5.74) is 3.97. The van der Waals surface area contributed by atoms with Crippen LogP contribution in [0, 0.1) is 0 Å². The Balaban J connectivity index is 2.00. The molecule has 3 rings (SSSR count). The van der Waals surface area contributed by atoms with E-state index >= 15 is 0 Å². The van der Waals surface area contributed by atoms with Crippen LogP contribution in [0.2, 0.25) is 10.0 Å². The minimum Gasteiger partial charge on any atom is -0.468 e. The van der Waals surface area contributed by atoms with E-state index in [-0.39, 0.29) is 22.2 Å². The van der Waals surface area contributed by atoms with Gasteiger partial charge < -0.3 is 15.2 Å². The van der Waals surface area contributed by atoms with E-state index in [0.717, 1.165) is 11.7 Å². The molecule has 3 aromatic rings. The highest BCUT2D eigenvalue weighted by atomic mass is 35.5. The third-order valence-corrected chi connectivity index (χ3v) is 5.77. The number of hydrogen-bond donors (Lipinski definition) is 1. The highest BCUT2D eigenvalue weighted by molar-refractivity contribution is 6.43. The van der Waals surface area contributed by atoms with Crippen molar-refractivity contribution in [3.05, 3.63) is 96.1 Å². The number of nitrogen functional groups attached to an aromatic ring is 1. The normalized spacial score (nSPS) is 10.6. The van der Waals surface area contributed by atoms with Gasteiger partial charge in [0.2, 0.25) is 5.78 Å². The lowest BCUT2D eigenvalue weighted by Gasteiger charge is -2.16. The number of ether oxygens (including phenoxy) is 2. The van der Waals surface area contributed by atoms with E-state index in [4.69, 9.17) is 33.7 Å². The van der Waals surface area contributed by atoms with Gasteiger partial charge in [-0.25, -0.2) is 14.2 Å². The van der Waals surface area contributed by atoms with E-state index in [1.807, 2.05) is 0 Å². The SMILES string of the molecule is COC(=O)Cn1c(=O)c(C(=O)COC(=O)c2cccc(Cl)c2Cl)c(N)n(Cc2ccccc2)c1=O. The summed E-state index contributed by atoms with van der Waals surface area (Å²) in [5, 5.41) is 0.0401. The average molecular weight is 520 g/mol. The number of esters is 2. The Labute approximate surface area is 208 Å². The predicted molar refractivity (Wildman–Crippen MR) is 128 cm³/mol. The summed E-state index contributed by atoms with van der Waals surface area (Å²) in [6, 6.07) is 12.9. The van der Waals surface area contributed by atoms with Crippen LogP contribution >= 0.6 is 23.2 Å². The van der Waals surface area contributed by atoms with Crippen molar-refractivity contribution in [2.45, 2.75) is 13.1 Å². The first-order chi connectivity index (χ1) is 16.6. The van der Waals surface area contributed by atoms with Gasteiger partial charge in [-0.15, -0.1) is 0 Å². The van der Waals surface area contributed by atoms with Gasteiger partial charge in [-0.1, -0.05) is 59.6 Å². The Morgan fingerprint density at radius 3 is 2.31 bits per heavy atom. The van der Waals surface area contributed by atoms with Crippen LogP contribution < -0.4 is 17.0 Å². The Hall–Kier alpha value is -3.89. The quantitative estimate of drug-likeness (QED) is 0.352. The van der Waals surface area contributed by atoms with Gasteiger partial charge in [0.15, 0.2) is 6.61 Å². The number of carbonyl (C=O) groups is 3. The first kappa shape index (κ1) is 25.7. The molecule has 0 radical (unpaired) electrons. The number of benzene rings is 2. The van der Waals surface area contributed by atoms with Crippen LogP contribution in [0.1, 0.15) is 26.3 Å². The van der Waals surface area contributed by atoms with E-state index < -0.39 is 53.5 Å². The van der Waals surface area contributed by atoms with E-state index in [9.17, 15) is 24.0 Å². The summed E-state index contributed by atoms with van der Waals surface area (Å²) in [6.07, 6.45) is 0. The number of hydrogen-bond acceptors (Lipinski definition) is 8. The average Bonchev–Trinajstić information content (AvgIpc) is 2.85. The molecule has 0 atom stereocenters. The minimum atomic E-state index is -1.12. The van der Waals surface area contributed by atoms with Crippen molar-refractivity contribution in [1.82, 2.24) is 9.13 Å². The van der Waals surface area contributed by atoms with Crippen LogP contribution in [0.25, 0.3) is 0 Å². The Morgan fingerprint density at radius 1 is 0.971 bits per heavy atom. The standard InChI is InChI=1S/C23H19Cl2N3O7/c1-34-17(30)11-28-21(31)18(20(26)27(23(28)33)10-13-6-3-2-4-7-13)16(29)12-35-22(32)14-8-5-9-15(24)19(14)25/h2-9H,10-12,26H2,1H3. The molecule has 10 nitrogen and oxygen atoms in total. The third kappa shape index (κ3) is 5.61. The molecule has 0 amide bonds. The number of aromatic nitrogens is 2. The molecule has 0 unspecified atom stereocenters. The second-order valence-corrected chi connectivity index (χ2v) is 7.97. The monoisotopic (exact) mass is 519 g/mol. The van der Waals surface area contributed by atoms with E-state index in [2.05, 4.69) is 4.74 Å². The molecule has 0 spiro atoms. The van der Waals surface area contributed by atoms with Crippen molar-refractivity contribution in [2.24, 2.45) is 0 Å². The topological polar surface area (TPSA) is 140 Å². The van der Waals surface area contributed by atoms with Crippen molar-refractivity contribution in [3.8, 4) is 0 Å². The largest absolute Gasteiger partial charge is 0.468 e. The highest BCUT2D eigenvalue weighted by Crippen LogP contribution is 2.26. The molecular weight excluding hydrogens is 501 g/mol. The van der Waals surface area contributed by atoms with Crippen molar-refractivity contribution in [2.75, 3.05) is 19.5 Å². The molecule has 1 aromatic heterocycles. The lowest BCUT2D eigenvalue weighted by molar-refractivity contribution is -0.141. The van der Waals surface area contributed by atoms with E-state index in [1.54, 1.807) is 30.3 Å². The smallest absolute Gasteiger partial charge is 0.340 e. The molecule has 12 heteroatoms. The van der Waals surface area contributed by atoms with Gasteiger partial charge in [0.05, 0.1) is 29.3 Å².